The van der Waals surface area contributed by atoms with Crippen LogP contribution >= 0.6 is 0 Å². The van der Waals surface area contributed by atoms with Crippen LogP contribution in [0, 0.1) is 0 Å². The Bertz CT molecular complexity index is 529. The maximum atomic E-state index is 4.46. The van der Waals surface area contributed by atoms with Crippen molar-refractivity contribution in [3.63, 3.8) is 0 Å². The van der Waals surface area contributed by atoms with Crippen LogP contribution in [0.25, 0.3) is 5.95 Å². The molecule has 0 atom stereocenters. The van der Waals surface area contributed by atoms with Crippen molar-refractivity contribution in [1.29, 1.82) is 0 Å². The van der Waals surface area contributed by atoms with Gasteiger partial charge in [-0.1, -0.05) is 0 Å². The molecule has 2 aromatic rings. The summed E-state index contributed by atoms with van der Waals surface area (Å²) in [5.74, 6) is 0.727. The second kappa shape index (κ2) is 4.86. The summed E-state index contributed by atoms with van der Waals surface area (Å²) in [6, 6.07) is 0. The van der Waals surface area contributed by atoms with Crippen molar-refractivity contribution >= 4 is 0 Å². The number of nitrogens with zero attached hydrogens (tertiary/aromatic N) is 4. The van der Waals surface area contributed by atoms with Gasteiger partial charge in [-0.05, 0) is 32.7 Å². The van der Waals surface area contributed by atoms with Crippen LogP contribution < -0.4 is 5.32 Å². The van der Waals surface area contributed by atoms with Crippen molar-refractivity contribution in [2.24, 2.45) is 0 Å². The molecule has 0 bridgehead atoms. The molecule has 94 valence electrons. The first-order chi connectivity index (χ1) is 8.88. The molecule has 0 fully saturated rings. The van der Waals surface area contributed by atoms with Crippen molar-refractivity contribution < 1.29 is 0 Å². The van der Waals surface area contributed by atoms with Gasteiger partial charge in [0.2, 0.25) is 5.95 Å². The van der Waals surface area contributed by atoms with Crippen molar-refractivity contribution in [1.82, 2.24) is 24.8 Å². The van der Waals surface area contributed by atoms with E-state index in [1.807, 2.05) is 30.3 Å². The Balaban J connectivity index is 1.92. The predicted octanol–water partition coefficient (Wildman–Crippen LogP) is 1.26. The molecule has 18 heavy (non-hydrogen) atoms. The van der Waals surface area contributed by atoms with E-state index >= 15 is 0 Å². The Hall–Kier alpha value is -1.75. The average Bonchev–Trinajstić information content (AvgIpc) is 2.84. The van der Waals surface area contributed by atoms with E-state index in [0.717, 1.165) is 30.9 Å². The van der Waals surface area contributed by atoms with Crippen LogP contribution in [-0.4, -0.2) is 26.6 Å². The molecule has 1 N–H and O–H groups in total. The van der Waals surface area contributed by atoms with Crippen LogP contribution in [0.5, 0.6) is 0 Å². The molecule has 0 amide bonds. The lowest BCUT2D eigenvalue weighted by Gasteiger charge is -2.12. The minimum Gasteiger partial charge on any atom is -0.316 e. The van der Waals surface area contributed by atoms with E-state index in [2.05, 4.69) is 20.3 Å². The van der Waals surface area contributed by atoms with E-state index in [1.54, 1.807) is 0 Å². The van der Waals surface area contributed by atoms with Crippen LogP contribution in [0.1, 0.15) is 29.8 Å². The van der Waals surface area contributed by atoms with E-state index in [0.29, 0.717) is 0 Å². The highest BCUT2D eigenvalue weighted by atomic mass is 15.2. The maximum absolute atomic E-state index is 4.46. The summed E-state index contributed by atoms with van der Waals surface area (Å²) in [6.45, 7) is 0.794. The highest BCUT2D eigenvalue weighted by molar-refractivity contribution is 5.25. The molecule has 5 nitrogen and oxygen atoms in total. The van der Waals surface area contributed by atoms with E-state index in [4.69, 9.17) is 0 Å². The minimum atomic E-state index is 0.727. The first-order valence-electron chi connectivity index (χ1n) is 6.39. The molecular formula is C13H17N5. The summed E-state index contributed by atoms with van der Waals surface area (Å²) in [5.41, 5.74) is 3.59. The first kappa shape index (κ1) is 11.3. The largest absolute Gasteiger partial charge is 0.316 e. The highest BCUT2D eigenvalue weighted by Crippen LogP contribution is 2.21. The van der Waals surface area contributed by atoms with Crippen molar-refractivity contribution in [2.45, 2.75) is 32.2 Å². The van der Waals surface area contributed by atoms with Crippen LogP contribution in [-0.2, 0) is 19.4 Å². The zero-order chi connectivity index (χ0) is 12.4. The number of nitrogens with one attached hydrogen (secondary N) is 1. The SMILES string of the molecule is CNCc1cnc(-n2cnc3c2CCCC3)nc1. The summed E-state index contributed by atoms with van der Waals surface area (Å²) in [7, 11) is 1.92. The summed E-state index contributed by atoms with van der Waals surface area (Å²) in [6.07, 6.45) is 10.2. The van der Waals surface area contributed by atoms with Crippen molar-refractivity contribution in [2.75, 3.05) is 7.05 Å². The molecule has 0 saturated carbocycles. The van der Waals surface area contributed by atoms with Gasteiger partial charge >= 0.3 is 0 Å². The lowest BCUT2D eigenvalue weighted by Crippen LogP contribution is -2.10. The fraction of sp³-hybridized carbons (Fsp3) is 0.462. The molecule has 3 rings (SSSR count). The first-order valence-corrected chi connectivity index (χ1v) is 6.39. The van der Waals surface area contributed by atoms with Gasteiger partial charge in [-0.3, -0.25) is 4.57 Å². The lowest BCUT2D eigenvalue weighted by atomic mass is 10.0. The van der Waals surface area contributed by atoms with Crippen LogP contribution in [0.3, 0.4) is 0 Å². The van der Waals surface area contributed by atoms with Gasteiger partial charge in [0.05, 0.1) is 5.69 Å². The number of rotatable bonds is 3. The van der Waals surface area contributed by atoms with Crippen molar-refractivity contribution in [3.8, 4) is 5.95 Å². The number of aryl methyl sites for hydroxylation is 1. The molecule has 0 aromatic carbocycles. The van der Waals surface area contributed by atoms with Crippen LogP contribution in [0.4, 0.5) is 0 Å². The van der Waals surface area contributed by atoms with Crippen LogP contribution in [0.15, 0.2) is 18.7 Å². The molecule has 1 aliphatic rings. The summed E-state index contributed by atoms with van der Waals surface area (Å²) in [4.78, 5) is 13.3. The van der Waals surface area contributed by atoms with Crippen LogP contribution in [0.2, 0.25) is 0 Å². The molecule has 0 aliphatic heterocycles. The van der Waals surface area contributed by atoms with Gasteiger partial charge in [-0.25, -0.2) is 15.0 Å². The second-order valence-electron chi connectivity index (χ2n) is 4.64. The zero-order valence-electron chi connectivity index (χ0n) is 10.6. The van der Waals surface area contributed by atoms with E-state index in [-0.39, 0.29) is 0 Å². The zero-order valence-corrected chi connectivity index (χ0v) is 10.6. The average molecular weight is 243 g/mol. The molecule has 5 heteroatoms. The molecule has 0 saturated heterocycles. The smallest absolute Gasteiger partial charge is 0.235 e. The fourth-order valence-electron chi connectivity index (χ4n) is 2.41. The number of hydrogen-bond donors (Lipinski definition) is 1. The van der Waals surface area contributed by atoms with Gasteiger partial charge in [0.25, 0.3) is 0 Å². The predicted molar refractivity (Wildman–Crippen MR) is 68.6 cm³/mol. The van der Waals surface area contributed by atoms with E-state index in [9.17, 15) is 0 Å². The van der Waals surface area contributed by atoms with Gasteiger partial charge in [0, 0.05) is 30.2 Å². The van der Waals surface area contributed by atoms with Gasteiger partial charge in [-0.15, -0.1) is 0 Å². The Morgan fingerprint density at radius 1 is 1.17 bits per heavy atom. The molecule has 2 heterocycles. The van der Waals surface area contributed by atoms with E-state index in [1.165, 1.54) is 24.2 Å². The Kier molecular flexibility index (Phi) is 3.06. The van der Waals surface area contributed by atoms with Gasteiger partial charge in [-0.2, -0.15) is 0 Å². The minimum absolute atomic E-state index is 0.727. The second-order valence-corrected chi connectivity index (χ2v) is 4.64. The number of fused-ring (bicyclic) bond motifs is 1. The Morgan fingerprint density at radius 3 is 2.72 bits per heavy atom. The van der Waals surface area contributed by atoms with Gasteiger partial charge in [0.1, 0.15) is 6.33 Å². The third kappa shape index (κ3) is 2.01. The topological polar surface area (TPSA) is 55.6 Å². The highest BCUT2D eigenvalue weighted by Gasteiger charge is 2.16. The standard InChI is InChI=1S/C13H17N5/c1-14-6-10-7-15-13(16-8-10)18-9-17-11-4-2-3-5-12(11)18/h7-9,14H,2-6H2,1H3. The number of imidazole rings is 1. The Labute approximate surface area is 106 Å². The monoisotopic (exact) mass is 243 g/mol. The molecule has 1 aliphatic carbocycles. The van der Waals surface area contributed by atoms with Gasteiger partial charge < -0.3 is 5.32 Å². The molecular weight excluding hydrogens is 226 g/mol. The van der Waals surface area contributed by atoms with E-state index < -0.39 is 0 Å². The molecule has 0 radical (unpaired) electrons. The summed E-state index contributed by atoms with van der Waals surface area (Å²) in [5, 5.41) is 3.09. The Morgan fingerprint density at radius 2 is 1.94 bits per heavy atom. The number of hydrogen-bond acceptors (Lipinski definition) is 4. The maximum Gasteiger partial charge on any atom is 0.235 e. The molecule has 0 spiro atoms. The molecule has 0 unspecified atom stereocenters. The fourth-order valence-corrected chi connectivity index (χ4v) is 2.41. The molecule has 2 aromatic heterocycles. The van der Waals surface area contributed by atoms with Crippen molar-refractivity contribution in [3.05, 3.63) is 35.7 Å². The summed E-state index contributed by atoms with van der Waals surface area (Å²) >= 11 is 0. The third-order valence-electron chi connectivity index (χ3n) is 3.32. The quantitative estimate of drug-likeness (QED) is 0.881. The number of aromatic nitrogens is 4. The third-order valence-corrected chi connectivity index (χ3v) is 3.32. The lowest BCUT2D eigenvalue weighted by molar-refractivity contribution is 0.651. The normalized spacial score (nSPS) is 14.5. The van der Waals surface area contributed by atoms with Gasteiger partial charge in [0.15, 0.2) is 0 Å². The summed E-state index contributed by atoms with van der Waals surface area (Å²) < 4.78 is 2.03.